The summed E-state index contributed by atoms with van der Waals surface area (Å²) < 4.78 is 27.1. The fourth-order valence-corrected chi connectivity index (χ4v) is 3.19. The van der Waals surface area contributed by atoms with Crippen LogP contribution in [0.15, 0.2) is 59.6 Å². The number of benzene rings is 1. The number of aliphatic imine (C=N–C) groups is 1. The van der Waals surface area contributed by atoms with Crippen LogP contribution in [0.4, 0.5) is 8.78 Å². The summed E-state index contributed by atoms with van der Waals surface area (Å²) in [5, 5.41) is 3.43. The quantitative estimate of drug-likeness (QED) is 0.141. The van der Waals surface area contributed by atoms with Gasteiger partial charge in [0.15, 0.2) is 0 Å². The van der Waals surface area contributed by atoms with Crippen LogP contribution in [0.2, 0.25) is 0 Å². The van der Waals surface area contributed by atoms with Crippen molar-refractivity contribution in [3.63, 3.8) is 0 Å². The van der Waals surface area contributed by atoms with Crippen molar-refractivity contribution in [2.75, 3.05) is 13.7 Å². The van der Waals surface area contributed by atoms with Crippen molar-refractivity contribution in [3.05, 3.63) is 71.9 Å². The Bertz CT molecular complexity index is 871. The Labute approximate surface area is 198 Å². The summed E-state index contributed by atoms with van der Waals surface area (Å²) in [4.78, 5) is 19.0. The molecule has 0 radical (unpaired) electrons. The molecule has 0 heterocycles. The molecule has 0 bridgehead atoms. The van der Waals surface area contributed by atoms with Crippen molar-refractivity contribution >= 4 is 11.7 Å². The number of hydrogen-bond acceptors (Lipinski definition) is 3. The summed E-state index contributed by atoms with van der Waals surface area (Å²) in [5.41, 5.74) is 1.27. The molecule has 1 rings (SSSR count). The molecular weight excluding hydrogens is 420 g/mol. The third-order valence-electron chi connectivity index (χ3n) is 5.09. The molecule has 0 saturated carbocycles. The zero-order valence-electron chi connectivity index (χ0n) is 20.3. The van der Waals surface area contributed by atoms with Crippen LogP contribution >= 0.6 is 0 Å². The van der Waals surface area contributed by atoms with E-state index < -0.39 is 11.6 Å². The van der Waals surface area contributed by atoms with Crippen LogP contribution in [0.5, 0.6) is 0 Å². The number of carbonyl (C=O) groups excluding carboxylic acids is 1. The van der Waals surface area contributed by atoms with Gasteiger partial charge in [0.25, 0.3) is 5.91 Å². The average Bonchev–Trinajstić information content (AvgIpc) is 2.81. The maximum Gasteiger partial charge on any atom is 0.254 e. The second-order valence-corrected chi connectivity index (χ2v) is 7.55. The molecule has 1 aromatic rings. The summed E-state index contributed by atoms with van der Waals surface area (Å²) in [6, 6.07) is 3.63. The van der Waals surface area contributed by atoms with Crippen molar-refractivity contribution in [1.82, 2.24) is 10.2 Å². The van der Waals surface area contributed by atoms with Crippen LogP contribution in [0.1, 0.15) is 52.0 Å². The van der Waals surface area contributed by atoms with Crippen LogP contribution in [0.25, 0.3) is 0 Å². The highest BCUT2D eigenvalue weighted by molar-refractivity contribution is 6.11. The number of nitrogens with one attached hydrogen (secondary N) is 1. The SMILES string of the molecule is C#C.C=CCCC(CCC)NC/N=C(\C(C)=C/C)N(C)C(=O)C(=C)Cc1ccc(F)cc1F. The number of rotatable bonds is 12. The van der Waals surface area contributed by atoms with E-state index in [4.69, 9.17) is 0 Å². The largest absolute Gasteiger partial charge is 0.296 e. The topological polar surface area (TPSA) is 44.7 Å². The van der Waals surface area contributed by atoms with Crippen molar-refractivity contribution in [3.8, 4) is 12.8 Å². The zero-order valence-corrected chi connectivity index (χ0v) is 20.3. The molecule has 0 aliphatic rings. The second kappa shape index (κ2) is 16.6. The molecule has 0 aliphatic carbocycles. The minimum absolute atomic E-state index is 0.00414. The number of nitrogens with zero attached hydrogens (tertiary/aromatic N) is 2. The third kappa shape index (κ3) is 10.4. The van der Waals surface area contributed by atoms with Gasteiger partial charge in [0.2, 0.25) is 0 Å². The average molecular weight is 458 g/mol. The minimum atomic E-state index is -0.694. The molecule has 0 saturated heterocycles. The molecule has 33 heavy (non-hydrogen) atoms. The standard InChI is InChI=1S/C25H35F2N3O.C2H2/c1-7-10-12-22(11-8-2)28-17-29-24(18(4)9-3)30(6)25(31)19(5)15-20-13-14-21(26)16-23(20)27;1-2/h7,9,13-14,16,22,28H,1,5,8,10-12,15,17H2,2-4,6H3;1-2H/b18-9-,29-24+;. The second-order valence-electron chi connectivity index (χ2n) is 7.55. The van der Waals surface area contributed by atoms with E-state index >= 15 is 0 Å². The third-order valence-corrected chi connectivity index (χ3v) is 5.09. The van der Waals surface area contributed by atoms with Gasteiger partial charge in [-0.2, -0.15) is 0 Å². The molecule has 0 aromatic heterocycles. The predicted octanol–water partition coefficient (Wildman–Crippen LogP) is 5.82. The molecule has 4 nitrogen and oxygen atoms in total. The molecule has 6 heteroatoms. The summed E-state index contributed by atoms with van der Waals surface area (Å²) in [6.45, 7) is 13.9. The lowest BCUT2D eigenvalue weighted by atomic mass is 10.0. The maximum absolute atomic E-state index is 14.0. The highest BCUT2D eigenvalue weighted by atomic mass is 19.1. The van der Waals surface area contributed by atoms with Crippen LogP contribution in [0, 0.1) is 24.5 Å². The number of amides is 1. The van der Waals surface area contributed by atoms with E-state index in [2.05, 4.69) is 43.2 Å². The molecule has 1 amide bonds. The lowest BCUT2D eigenvalue weighted by Gasteiger charge is -2.22. The molecule has 0 aliphatic heterocycles. The van der Waals surface area contributed by atoms with Crippen LogP contribution in [-0.4, -0.2) is 36.4 Å². The zero-order chi connectivity index (χ0) is 25.4. The van der Waals surface area contributed by atoms with Crippen LogP contribution in [-0.2, 0) is 11.2 Å². The smallest absolute Gasteiger partial charge is 0.254 e. The predicted molar refractivity (Wildman–Crippen MR) is 135 cm³/mol. The van der Waals surface area contributed by atoms with Gasteiger partial charge in [0, 0.05) is 31.1 Å². The fraction of sp³-hybridized carbons (Fsp3) is 0.407. The minimum Gasteiger partial charge on any atom is -0.296 e. The number of amidine groups is 1. The van der Waals surface area contributed by atoms with E-state index in [1.54, 1.807) is 7.05 Å². The number of terminal acetylenes is 1. The van der Waals surface area contributed by atoms with Gasteiger partial charge >= 0.3 is 0 Å². The first-order valence-electron chi connectivity index (χ1n) is 11.0. The van der Waals surface area contributed by atoms with Crippen LogP contribution < -0.4 is 5.32 Å². The van der Waals surface area contributed by atoms with Gasteiger partial charge in [-0.3, -0.25) is 20.0 Å². The monoisotopic (exact) mass is 457 g/mol. The normalized spacial score (nSPS) is 12.4. The molecule has 0 fully saturated rings. The number of hydrogen-bond donors (Lipinski definition) is 1. The molecule has 1 N–H and O–H groups in total. The van der Waals surface area contributed by atoms with Gasteiger partial charge in [0.1, 0.15) is 17.5 Å². The Morgan fingerprint density at radius 2 is 1.97 bits per heavy atom. The van der Waals surface area contributed by atoms with Gasteiger partial charge in [-0.25, -0.2) is 8.78 Å². The molecule has 1 unspecified atom stereocenters. The van der Waals surface area contributed by atoms with Gasteiger partial charge in [-0.1, -0.05) is 38.1 Å². The maximum atomic E-state index is 14.0. The fourth-order valence-electron chi connectivity index (χ4n) is 3.19. The Morgan fingerprint density at radius 1 is 1.30 bits per heavy atom. The Morgan fingerprint density at radius 3 is 2.52 bits per heavy atom. The van der Waals surface area contributed by atoms with Gasteiger partial charge in [0.05, 0.1) is 6.67 Å². The van der Waals surface area contributed by atoms with E-state index in [9.17, 15) is 13.6 Å². The number of likely N-dealkylation sites (N-methyl/N-ethyl adjacent to an activating group) is 1. The van der Waals surface area contributed by atoms with E-state index in [0.29, 0.717) is 18.5 Å². The highest BCUT2D eigenvalue weighted by Crippen LogP contribution is 2.16. The first-order valence-corrected chi connectivity index (χ1v) is 11.0. The Hall–Kier alpha value is -3.04. The number of halogens is 2. The molecule has 180 valence electrons. The molecule has 0 spiro atoms. The van der Waals surface area contributed by atoms with E-state index in [0.717, 1.165) is 37.3 Å². The lowest BCUT2D eigenvalue weighted by molar-refractivity contribution is -0.122. The van der Waals surface area contributed by atoms with Gasteiger partial charge in [-0.15, -0.1) is 19.4 Å². The molecule has 1 aromatic carbocycles. The lowest BCUT2D eigenvalue weighted by Crippen LogP contribution is -2.37. The number of carbonyl (C=O) groups is 1. The number of allylic oxidation sites excluding steroid dienone is 2. The Balaban J connectivity index is 0.00000497. The Kier molecular flexibility index (Phi) is 15.0. The van der Waals surface area contributed by atoms with Crippen molar-refractivity contribution in [1.29, 1.82) is 0 Å². The summed E-state index contributed by atoms with van der Waals surface area (Å²) in [6.07, 6.45) is 15.8. The van der Waals surface area contributed by atoms with Crippen molar-refractivity contribution < 1.29 is 13.6 Å². The van der Waals surface area contributed by atoms with Crippen LogP contribution in [0.3, 0.4) is 0 Å². The summed E-state index contributed by atoms with van der Waals surface area (Å²) in [7, 11) is 1.63. The van der Waals surface area contributed by atoms with E-state index in [1.807, 2.05) is 26.0 Å². The first kappa shape index (κ1) is 30.0. The molecular formula is C27H37F2N3O. The van der Waals surface area contributed by atoms with Gasteiger partial charge < -0.3 is 0 Å². The van der Waals surface area contributed by atoms with Crippen molar-refractivity contribution in [2.45, 2.75) is 58.9 Å². The summed E-state index contributed by atoms with van der Waals surface area (Å²) >= 11 is 0. The van der Waals surface area contributed by atoms with E-state index in [1.165, 1.54) is 17.0 Å². The first-order chi connectivity index (χ1) is 15.7. The highest BCUT2D eigenvalue weighted by Gasteiger charge is 2.20. The summed E-state index contributed by atoms with van der Waals surface area (Å²) in [5.74, 6) is -1.18. The molecule has 1 atom stereocenters. The van der Waals surface area contributed by atoms with Gasteiger partial charge in [-0.05, 0) is 50.3 Å². The van der Waals surface area contributed by atoms with E-state index in [-0.39, 0.29) is 23.5 Å². The van der Waals surface area contributed by atoms with Crippen molar-refractivity contribution in [2.24, 2.45) is 4.99 Å².